The Bertz CT molecular complexity index is 521. The molecule has 1 aliphatic rings. The maximum absolute atomic E-state index is 12.1. The zero-order chi connectivity index (χ0) is 17.0. The zero-order valence-electron chi connectivity index (χ0n) is 15.0. The molecule has 2 atom stereocenters. The summed E-state index contributed by atoms with van der Waals surface area (Å²) in [5.41, 5.74) is 0.956. The van der Waals surface area contributed by atoms with Gasteiger partial charge in [0, 0.05) is 24.0 Å². The molecule has 1 aromatic rings. The lowest BCUT2D eigenvalue weighted by atomic mass is 10.0. The predicted molar refractivity (Wildman–Crippen MR) is 96.0 cm³/mol. The van der Waals surface area contributed by atoms with Gasteiger partial charge in [-0.15, -0.1) is 11.3 Å². The van der Waals surface area contributed by atoms with Crippen molar-refractivity contribution < 1.29 is 9.53 Å². The van der Waals surface area contributed by atoms with E-state index in [-0.39, 0.29) is 6.09 Å². The Kier molecular flexibility index (Phi) is 6.09. The zero-order valence-corrected chi connectivity index (χ0v) is 15.8. The minimum absolute atomic E-state index is 0.171. The van der Waals surface area contributed by atoms with Gasteiger partial charge in [0.2, 0.25) is 0 Å². The SMILES string of the molecule is Cc1ccsc1C(C)NCCC1CCN(C(=O)OC(C)(C)C)C1. The number of thiophene rings is 1. The normalized spacial score (nSPS) is 19.9. The molecule has 1 N–H and O–H groups in total. The summed E-state index contributed by atoms with van der Waals surface area (Å²) >= 11 is 1.82. The quantitative estimate of drug-likeness (QED) is 0.867. The molecule has 0 bridgehead atoms. The van der Waals surface area contributed by atoms with Crippen LogP contribution in [0.3, 0.4) is 0 Å². The molecule has 4 nitrogen and oxygen atoms in total. The van der Waals surface area contributed by atoms with Crippen molar-refractivity contribution in [3.63, 3.8) is 0 Å². The van der Waals surface area contributed by atoms with E-state index in [0.29, 0.717) is 12.0 Å². The Morgan fingerprint density at radius 1 is 1.52 bits per heavy atom. The van der Waals surface area contributed by atoms with Crippen molar-refractivity contribution in [1.82, 2.24) is 10.2 Å². The van der Waals surface area contributed by atoms with Crippen LogP contribution in [0.15, 0.2) is 11.4 Å². The van der Waals surface area contributed by atoms with Crippen molar-refractivity contribution in [2.75, 3.05) is 19.6 Å². The fraction of sp³-hybridized carbons (Fsp3) is 0.722. The minimum atomic E-state index is -0.412. The highest BCUT2D eigenvalue weighted by atomic mass is 32.1. The van der Waals surface area contributed by atoms with Crippen molar-refractivity contribution in [1.29, 1.82) is 0 Å². The molecule has 0 saturated carbocycles. The Balaban J connectivity index is 1.70. The van der Waals surface area contributed by atoms with Gasteiger partial charge < -0.3 is 15.0 Å². The summed E-state index contributed by atoms with van der Waals surface area (Å²) in [6.45, 7) is 12.8. The number of ether oxygens (including phenoxy) is 1. The standard InChI is InChI=1S/C18H30N2O2S/c1-13-8-11-23-16(13)14(2)19-9-6-15-7-10-20(12-15)17(21)22-18(3,4)5/h8,11,14-15,19H,6-7,9-10,12H2,1-5H3. The van der Waals surface area contributed by atoms with Crippen LogP contribution in [-0.2, 0) is 4.74 Å². The van der Waals surface area contributed by atoms with Crippen molar-refractivity contribution >= 4 is 17.4 Å². The number of carbonyl (C=O) groups is 1. The Morgan fingerprint density at radius 3 is 2.87 bits per heavy atom. The molecule has 1 aliphatic heterocycles. The molecule has 0 spiro atoms. The Labute approximate surface area is 144 Å². The van der Waals surface area contributed by atoms with Crippen LogP contribution in [0, 0.1) is 12.8 Å². The number of rotatable bonds is 5. The number of hydrogen-bond acceptors (Lipinski definition) is 4. The summed E-state index contributed by atoms with van der Waals surface area (Å²) < 4.78 is 5.45. The molecular weight excluding hydrogens is 308 g/mol. The summed E-state index contributed by atoms with van der Waals surface area (Å²) in [4.78, 5) is 15.3. The summed E-state index contributed by atoms with van der Waals surface area (Å²) in [7, 11) is 0. The number of likely N-dealkylation sites (tertiary alicyclic amines) is 1. The van der Waals surface area contributed by atoms with Gasteiger partial charge in [-0.25, -0.2) is 4.79 Å². The van der Waals surface area contributed by atoms with Gasteiger partial charge in [-0.2, -0.15) is 0 Å². The van der Waals surface area contributed by atoms with Crippen LogP contribution >= 0.6 is 11.3 Å². The number of aryl methyl sites for hydroxylation is 1. The van der Waals surface area contributed by atoms with E-state index in [4.69, 9.17) is 4.74 Å². The second-order valence-corrected chi connectivity index (χ2v) is 8.46. The Morgan fingerprint density at radius 2 is 2.26 bits per heavy atom. The van der Waals surface area contributed by atoms with E-state index in [9.17, 15) is 4.79 Å². The van der Waals surface area contributed by atoms with E-state index in [0.717, 1.165) is 32.5 Å². The number of amides is 1. The molecule has 0 aliphatic carbocycles. The second-order valence-electron chi connectivity index (χ2n) is 7.51. The molecule has 1 saturated heterocycles. The van der Waals surface area contributed by atoms with Crippen LogP contribution < -0.4 is 5.32 Å². The lowest BCUT2D eigenvalue weighted by Crippen LogP contribution is -2.35. The first kappa shape index (κ1) is 18.3. The van der Waals surface area contributed by atoms with E-state index >= 15 is 0 Å². The minimum Gasteiger partial charge on any atom is -0.444 e. The number of nitrogens with one attached hydrogen (secondary N) is 1. The summed E-state index contributed by atoms with van der Waals surface area (Å²) in [5, 5.41) is 5.76. The molecule has 130 valence electrons. The van der Waals surface area contributed by atoms with Crippen LogP contribution in [0.5, 0.6) is 0 Å². The second kappa shape index (κ2) is 7.67. The van der Waals surface area contributed by atoms with Gasteiger partial charge in [0.05, 0.1) is 0 Å². The van der Waals surface area contributed by atoms with Crippen LogP contribution in [0.1, 0.15) is 57.0 Å². The van der Waals surface area contributed by atoms with Crippen molar-refractivity contribution in [3.05, 3.63) is 21.9 Å². The maximum atomic E-state index is 12.1. The highest BCUT2D eigenvalue weighted by molar-refractivity contribution is 7.10. The average Bonchev–Trinajstić information content (AvgIpc) is 3.05. The number of hydrogen-bond donors (Lipinski definition) is 1. The molecular formula is C18H30N2O2S. The van der Waals surface area contributed by atoms with E-state index < -0.39 is 5.60 Å². The first-order valence-electron chi connectivity index (χ1n) is 8.51. The molecule has 0 radical (unpaired) electrons. The lowest BCUT2D eigenvalue weighted by Gasteiger charge is -2.24. The maximum Gasteiger partial charge on any atom is 0.410 e. The third-order valence-corrected chi connectivity index (χ3v) is 5.44. The van der Waals surface area contributed by atoms with Crippen LogP contribution in [0.4, 0.5) is 4.79 Å². The largest absolute Gasteiger partial charge is 0.444 e. The molecule has 2 heterocycles. The van der Waals surface area contributed by atoms with Gasteiger partial charge in [0.25, 0.3) is 0 Å². The highest BCUT2D eigenvalue weighted by Gasteiger charge is 2.29. The van der Waals surface area contributed by atoms with E-state index in [1.807, 2.05) is 37.0 Å². The van der Waals surface area contributed by atoms with Gasteiger partial charge in [-0.1, -0.05) is 0 Å². The topological polar surface area (TPSA) is 41.6 Å². The molecule has 1 amide bonds. The molecule has 23 heavy (non-hydrogen) atoms. The van der Waals surface area contributed by atoms with Gasteiger partial charge >= 0.3 is 6.09 Å². The molecule has 1 aromatic heterocycles. The molecule has 5 heteroatoms. The fourth-order valence-corrected chi connectivity index (χ4v) is 3.95. The van der Waals surface area contributed by atoms with E-state index in [2.05, 4.69) is 30.6 Å². The first-order chi connectivity index (χ1) is 10.8. The van der Waals surface area contributed by atoms with Crippen molar-refractivity contribution in [3.8, 4) is 0 Å². The van der Waals surface area contributed by atoms with Crippen LogP contribution in [0.2, 0.25) is 0 Å². The summed E-state index contributed by atoms with van der Waals surface area (Å²) in [6, 6.07) is 2.58. The third kappa shape index (κ3) is 5.50. The molecule has 2 unspecified atom stereocenters. The number of carbonyl (C=O) groups excluding carboxylic acids is 1. The monoisotopic (exact) mass is 338 g/mol. The van der Waals surface area contributed by atoms with Gasteiger partial charge in [0.15, 0.2) is 0 Å². The summed E-state index contributed by atoms with van der Waals surface area (Å²) in [5.74, 6) is 0.576. The van der Waals surface area contributed by atoms with Gasteiger partial charge in [-0.3, -0.25) is 0 Å². The Hall–Kier alpha value is -1.07. The van der Waals surface area contributed by atoms with Crippen molar-refractivity contribution in [2.24, 2.45) is 5.92 Å². The summed E-state index contributed by atoms with van der Waals surface area (Å²) in [6.07, 6.45) is 2.01. The predicted octanol–water partition coefficient (Wildman–Crippen LogP) is 4.35. The van der Waals surface area contributed by atoms with E-state index in [1.165, 1.54) is 10.4 Å². The lowest BCUT2D eigenvalue weighted by molar-refractivity contribution is 0.0287. The smallest absolute Gasteiger partial charge is 0.410 e. The van der Waals surface area contributed by atoms with E-state index in [1.54, 1.807) is 0 Å². The van der Waals surface area contributed by atoms with Crippen molar-refractivity contribution in [2.45, 2.75) is 59.1 Å². The average molecular weight is 339 g/mol. The van der Waals surface area contributed by atoms with Gasteiger partial charge in [-0.05, 0) is 76.9 Å². The third-order valence-electron chi connectivity index (χ3n) is 4.24. The highest BCUT2D eigenvalue weighted by Crippen LogP contribution is 2.25. The fourth-order valence-electron chi connectivity index (χ4n) is 2.99. The van der Waals surface area contributed by atoms with Crippen LogP contribution in [0.25, 0.3) is 0 Å². The number of nitrogens with zero attached hydrogens (tertiary/aromatic N) is 1. The molecule has 2 rings (SSSR count). The molecule has 1 fully saturated rings. The first-order valence-corrected chi connectivity index (χ1v) is 9.39. The van der Waals surface area contributed by atoms with Gasteiger partial charge in [0.1, 0.15) is 5.60 Å². The van der Waals surface area contributed by atoms with Crippen LogP contribution in [-0.4, -0.2) is 36.2 Å². The molecule has 0 aromatic carbocycles.